The smallest absolute Gasteiger partial charge is 0.226 e. The molecule has 6 aromatic carbocycles. The number of rotatable bonds is 21. The first kappa shape index (κ1) is 87.8. The molecule has 2 saturated carbocycles. The Hall–Kier alpha value is -7.80. The van der Waals surface area contributed by atoms with Crippen molar-refractivity contribution in [2.45, 2.75) is 170 Å². The molecule has 3 fully saturated rings. The van der Waals surface area contributed by atoms with Gasteiger partial charge in [0, 0.05) is 119 Å². The van der Waals surface area contributed by atoms with Crippen LogP contribution in [0.4, 0.5) is 0 Å². The van der Waals surface area contributed by atoms with Crippen LogP contribution in [0.15, 0.2) is 166 Å². The molecule has 1 saturated heterocycles. The average molecular weight is 1630 g/mol. The second kappa shape index (κ2) is 44.4. The van der Waals surface area contributed by atoms with Gasteiger partial charge in [-0.1, -0.05) is 182 Å². The molecule has 4 bridgehead atoms. The number of hydrogen-bond acceptors (Lipinski definition) is 14. The molecule has 4 aliphatic rings. The number of nitrogens with one attached hydrogen (secondary N) is 1. The van der Waals surface area contributed by atoms with Crippen molar-refractivity contribution in [1.82, 2.24) is 15.2 Å². The van der Waals surface area contributed by atoms with Gasteiger partial charge in [0.1, 0.15) is 30.8 Å². The molecule has 0 radical (unpaired) electrons. The van der Waals surface area contributed by atoms with Crippen LogP contribution in [0.1, 0.15) is 196 Å². The SMILES string of the molecule is C.C.C1CCOC1.C=C(C)c1ccc(Br)cc1.CC(=O)c1ccc(Br)cc1.CC1(c2ccc(Br)cc2)CC1.Cc1nc(-c2ccc(C3(C)CC3)cc2)ccc1C(=O)C[C@@H](CCN)C(=O)N(C)[C@@H]1C(=O)C[C@@H](C)C(=O)N[C@H](C(=O)CCC#N)Cc2ccc(OCCN)c(c2)-c2cc1ccc2OCCN.[2H]CC. The molecule has 105 heavy (non-hydrogen) atoms. The highest BCUT2D eigenvalue weighted by molar-refractivity contribution is 9.11. The topological polar surface area (TPSA) is 260 Å². The largest absolute Gasteiger partial charge is 0.492 e. The van der Waals surface area contributed by atoms with Crippen LogP contribution in [0.2, 0.25) is 0 Å². The number of nitrogens with zero attached hydrogens (tertiary/aromatic N) is 3. The minimum Gasteiger partial charge on any atom is -0.492 e. The number of Topliss-reactive ketones (excluding diaryl/α,β-unsaturated/α-hetero) is 4. The van der Waals surface area contributed by atoms with Crippen molar-refractivity contribution < 1.29 is 44.3 Å². The summed E-state index contributed by atoms with van der Waals surface area (Å²) in [5.74, 6) is -2.90. The number of allylic oxidation sites excluding steroid dienone is 1. The third kappa shape index (κ3) is 27.2. The molecular formula is C86H110Br3N7O9. The fourth-order valence-electron chi connectivity index (χ4n) is 11.8. The van der Waals surface area contributed by atoms with E-state index in [0.717, 1.165) is 44.6 Å². The predicted octanol–water partition coefficient (Wildman–Crippen LogP) is 18.4. The van der Waals surface area contributed by atoms with Crippen molar-refractivity contribution in [3.05, 3.63) is 210 Å². The number of hydrogen-bond donors (Lipinski definition) is 4. The third-order valence-corrected chi connectivity index (χ3v) is 20.1. The standard InChI is InChI=1S/C51H61N7O7.C10H11Br.C9H9Br.C8H7BrO.C4H8O.C2H6.2CH4/c1-31-26-45(61)48(58(4)50(63)36(17-21-53)30-44(60)38-13-14-41(56-32(38)2)34-8-11-37(12-9-34)51(3)18-19-51)35-10-16-47(65-25-23-55)40(29-35)39-27-33(7-15-46(39)64-24-22-54)28-42(57-49(31)62)43(59)6-5-20-52;1-10(6-7-10)8-2-4-9(11)5-3-8;1-7(2)8-3-5-9(10)6-4-8;1-6(10)7-2-4-8(9)5-3-7;1-2-4-5-3-1;1-2;;/h7-16,27,29,31,36,42,48H,5-6,17-19,21-26,28,30,53-55H2,1-4H3,(H,57,62);2-5H,6-7H2,1H3;3-6H,1H2,2H3;2-5H,1H3;1-4H2;1-2H3;2*1H4/t31-,36-,42+,48+;;;;;;;/m1......./s1/i;;;;;1D;;. The minimum atomic E-state index is -1.22. The van der Waals surface area contributed by atoms with Gasteiger partial charge in [-0.3, -0.25) is 33.8 Å². The first-order chi connectivity index (χ1) is 49.7. The maximum absolute atomic E-state index is 14.8. The Labute approximate surface area is 651 Å². The third-order valence-electron chi connectivity index (χ3n) is 18.5. The summed E-state index contributed by atoms with van der Waals surface area (Å²) in [7, 11) is 1.52. The number of ether oxygens (including phenoxy) is 3. The van der Waals surface area contributed by atoms with E-state index in [0.29, 0.717) is 57.3 Å². The van der Waals surface area contributed by atoms with Crippen LogP contribution in [-0.4, -0.2) is 104 Å². The van der Waals surface area contributed by atoms with E-state index in [9.17, 15) is 34.0 Å². The van der Waals surface area contributed by atoms with E-state index in [1.165, 1.54) is 71.6 Å². The van der Waals surface area contributed by atoms with Crippen LogP contribution >= 0.6 is 47.8 Å². The maximum Gasteiger partial charge on any atom is 0.226 e. The highest BCUT2D eigenvalue weighted by Crippen LogP contribution is 2.49. The molecule has 564 valence electrons. The van der Waals surface area contributed by atoms with E-state index in [2.05, 4.69) is 122 Å². The number of aromatic nitrogens is 1. The lowest BCUT2D eigenvalue weighted by molar-refractivity contribution is -0.142. The lowest BCUT2D eigenvalue weighted by Crippen LogP contribution is -2.46. The summed E-state index contributed by atoms with van der Waals surface area (Å²) in [4.78, 5) is 87.7. The lowest BCUT2D eigenvalue weighted by atomic mass is 9.88. The fourth-order valence-corrected chi connectivity index (χ4v) is 12.6. The number of fused-ring (bicyclic) bond motifs is 5. The quantitative estimate of drug-likeness (QED) is 0.0488. The lowest BCUT2D eigenvalue weighted by Gasteiger charge is -2.32. The fraction of sp³-hybridized carbons (Fsp3) is 0.419. The zero-order chi connectivity index (χ0) is 76.1. The van der Waals surface area contributed by atoms with Crippen LogP contribution in [0, 0.1) is 30.1 Å². The number of likely N-dealkylation sites (N-methyl/N-ethyl adjacent to an activating group) is 1. The van der Waals surface area contributed by atoms with Crippen LogP contribution in [0.25, 0.3) is 28.0 Å². The highest BCUT2D eigenvalue weighted by atomic mass is 79.9. The summed E-state index contributed by atoms with van der Waals surface area (Å²) in [6.07, 6.45) is 7.32. The number of amides is 2. The Bertz CT molecular complexity index is 3980. The molecule has 2 aliphatic carbocycles. The number of nitrogens with two attached hydrogens (primary N) is 3. The van der Waals surface area contributed by atoms with Crippen LogP contribution in [-0.2, 0) is 41.2 Å². The highest BCUT2D eigenvalue weighted by Gasteiger charge is 2.40. The number of benzene rings is 6. The van der Waals surface area contributed by atoms with Crippen molar-refractivity contribution >= 4 is 88.3 Å². The van der Waals surface area contributed by atoms with Crippen molar-refractivity contribution in [3.8, 4) is 40.0 Å². The summed E-state index contributed by atoms with van der Waals surface area (Å²) in [6, 6.07) is 46.4. The molecule has 1 aromatic heterocycles. The Morgan fingerprint density at radius 2 is 1.24 bits per heavy atom. The summed E-state index contributed by atoms with van der Waals surface area (Å²) in [6.45, 7) is 20.5. The van der Waals surface area contributed by atoms with Crippen molar-refractivity contribution in [2.24, 2.45) is 29.0 Å². The van der Waals surface area contributed by atoms with Gasteiger partial charge >= 0.3 is 0 Å². The minimum absolute atomic E-state index is 0. The van der Waals surface area contributed by atoms with Crippen molar-refractivity contribution in [1.29, 1.82) is 5.26 Å². The Balaban J connectivity index is 0.000000460. The molecule has 0 spiro atoms. The van der Waals surface area contributed by atoms with Crippen LogP contribution in [0.5, 0.6) is 11.5 Å². The van der Waals surface area contributed by atoms with Gasteiger partial charge < -0.3 is 41.6 Å². The van der Waals surface area contributed by atoms with Gasteiger partial charge in [0.15, 0.2) is 23.1 Å². The van der Waals surface area contributed by atoms with Crippen molar-refractivity contribution in [2.75, 3.05) is 53.1 Å². The zero-order valence-corrected chi connectivity index (χ0v) is 65.7. The summed E-state index contributed by atoms with van der Waals surface area (Å²) in [5.41, 5.74) is 29.2. The first-order valence-electron chi connectivity index (χ1n) is 36.0. The molecule has 11 rings (SSSR count). The molecule has 2 aliphatic heterocycles. The number of aryl methyl sites for hydroxylation is 1. The normalized spacial score (nSPS) is 16.5. The number of halogens is 3. The second-order valence-corrected chi connectivity index (χ2v) is 29.5. The van der Waals surface area contributed by atoms with Gasteiger partial charge in [-0.2, -0.15) is 5.26 Å². The molecule has 4 atom stereocenters. The number of pyridine rings is 1. The van der Waals surface area contributed by atoms with E-state index in [4.69, 9.17) is 37.8 Å². The van der Waals surface area contributed by atoms with Crippen LogP contribution < -0.4 is 32.0 Å². The maximum atomic E-state index is 14.8. The Morgan fingerprint density at radius 1 is 0.733 bits per heavy atom. The molecule has 0 unspecified atom stereocenters. The number of ketones is 4. The molecule has 16 nitrogen and oxygen atoms in total. The van der Waals surface area contributed by atoms with Gasteiger partial charge in [-0.15, -0.1) is 0 Å². The Morgan fingerprint density at radius 3 is 1.70 bits per heavy atom. The molecule has 7 N–H and O–H groups in total. The predicted molar refractivity (Wildman–Crippen MR) is 436 cm³/mol. The van der Waals surface area contributed by atoms with E-state index in [-0.39, 0.29) is 109 Å². The molecule has 3 heterocycles. The number of carbonyl (C=O) groups is 6. The van der Waals surface area contributed by atoms with Gasteiger partial charge in [0.25, 0.3) is 0 Å². The zero-order valence-electron chi connectivity index (χ0n) is 61.9. The molecule has 2 amide bonds. The van der Waals surface area contributed by atoms with E-state index < -0.39 is 41.5 Å². The molecular weight excluding hydrogens is 1510 g/mol. The second-order valence-electron chi connectivity index (χ2n) is 26.8. The van der Waals surface area contributed by atoms with Gasteiger partial charge in [-0.25, -0.2) is 0 Å². The van der Waals surface area contributed by atoms with Crippen LogP contribution in [0.3, 0.4) is 0 Å². The van der Waals surface area contributed by atoms with E-state index in [1.54, 1.807) is 76.2 Å². The van der Waals surface area contributed by atoms with E-state index in [1.807, 2.05) is 61.5 Å². The monoisotopic (exact) mass is 1620 g/mol. The van der Waals surface area contributed by atoms with E-state index >= 15 is 0 Å². The van der Waals surface area contributed by atoms with Crippen molar-refractivity contribution in [3.63, 3.8) is 0 Å². The molecule has 19 heteroatoms. The summed E-state index contributed by atoms with van der Waals surface area (Å²) >= 11 is 10.1. The average Bonchev–Trinajstić information content (AvgIpc) is 1.56. The molecule has 7 aromatic rings. The summed E-state index contributed by atoms with van der Waals surface area (Å²) < 4.78 is 26.7. The van der Waals surface area contributed by atoms with Gasteiger partial charge in [0.05, 0.1) is 17.8 Å². The number of carbonyl (C=O) groups excluding carboxylic acids is 6. The summed E-state index contributed by atoms with van der Waals surface area (Å²) in [5, 5.41) is 12.1. The van der Waals surface area contributed by atoms with Gasteiger partial charge in [0.2, 0.25) is 11.8 Å². The van der Waals surface area contributed by atoms with Gasteiger partial charge in [-0.05, 0) is 190 Å². The first-order valence-corrected chi connectivity index (χ1v) is 37.7. The Kier molecular flexibility index (Phi) is 37.1. The number of nitriles is 1.